The van der Waals surface area contributed by atoms with Crippen LogP contribution in [0.25, 0.3) is 0 Å². The molecule has 0 unspecified atom stereocenters. The molecule has 0 amide bonds. The van der Waals surface area contributed by atoms with E-state index in [2.05, 4.69) is 0 Å². The lowest BCUT2D eigenvalue weighted by atomic mass is 10.2. The van der Waals surface area contributed by atoms with Crippen LogP contribution in [0.15, 0.2) is 33.9 Å². The summed E-state index contributed by atoms with van der Waals surface area (Å²) in [6.45, 7) is -0.226. The minimum Gasteiger partial charge on any atom is -0.496 e. The van der Waals surface area contributed by atoms with E-state index in [1.54, 1.807) is 12.1 Å². The van der Waals surface area contributed by atoms with E-state index in [1.165, 1.54) is 37.9 Å². The van der Waals surface area contributed by atoms with E-state index in [-0.39, 0.29) is 17.9 Å². The fraction of sp³-hybridized carbons (Fsp3) is 0.267. The Hall–Kier alpha value is -2.54. The zero-order valence-corrected chi connectivity index (χ0v) is 13.6. The zero-order valence-electron chi connectivity index (χ0n) is 12.8. The summed E-state index contributed by atoms with van der Waals surface area (Å²) in [6.07, 6.45) is 0. The van der Waals surface area contributed by atoms with Gasteiger partial charge in [-0.1, -0.05) is 11.6 Å². The van der Waals surface area contributed by atoms with Gasteiger partial charge in [-0.25, -0.2) is 9.59 Å². The molecule has 0 aliphatic rings. The highest BCUT2D eigenvalue weighted by Crippen LogP contribution is 2.23. The Kier molecular flexibility index (Phi) is 4.90. The third-order valence-electron chi connectivity index (χ3n) is 3.36. The van der Waals surface area contributed by atoms with Crippen LogP contribution in [0.2, 0.25) is 5.02 Å². The molecule has 2 aromatic rings. The van der Waals surface area contributed by atoms with Crippen LogP contribution in [0, 0.1) is 0 Å². The number of ether oxygens (including phenoxy) is 2. The monoisotopic (exact) mass is 338 g/mol. The van der Waals surface area contributed by atoms with Crippen molar-refractivity contribution in [2.75, 3.05) is 7.11 Å². The summed E-state index contributed by atoms with van der Waals surface area (Å²) >= 11 is 5.87. The fourth-order valence-electron chi connectivity index (χ4n) is 1.97. The molecular weight excluding hydrogens is 324 g/mol. The molecule has 0 atom stereocenters. The van der Waals surface area contributed by atoms with Gasteiger partial charge in [0.25, 0.3) is 5.56 Å². The molecule has 23 heavy (non-hydrogen) atoms. The number of nitrogens with zero attached hydrogens (tertiary/aromatic N) is 2. The minimum absolute atomic E-state index is 0.161. The van der Waals surface area contributed by atoms with E-state index in [0.717, 1.165) is 4.57 Å². The molecule has 0 aliphatic carbocycles. The van der Waals surface area contributed by atoms with Crippen molar-refractivity contribution >= 4 is 17.6 Å². The Morgan fingerprint density at radius 1 is 1.17 bits per heavy atom. The molecule has 0 radical (unpaired) electrons. The van der Waals surface area contributed by atoms with Gasteiger partial charge in [0.2, 0.25) is 0 Å². The molecule has 0 fully saturated rings. The van der Waals surface area contributed by atoms with E-state index in [1.807, 2.05) is 0 Å². The SMILES string of the molecule is COc1ccc(Cl)cc1C(=O)OCc1cc(=O)n(C)c(=O)n1C. The van der Waals surface area contributed by atoms with Crippen molar-refractivity contribution in [3.8, 4) is 5.75 Å². The Balaban J connectivity index is 2.25. The number of hydrogen-bond donors (Lipinski definition) is 0. The number of esters is 1. The molecule has 2 rings (SSSR count). The van der Waals surface area contributed by atoms with E-state index >= 15 is 0 Å². The lowest BCUT2D eigenvalue weighted by molar-refractivity contribution is 0.0459. The molecule has 0 spiro atoms. The number of carbonyl (C=O) groups excluding carboxylic acids is 1. The summed E-state index contributed by atoms with van der Waals surface area (Å²) < 4.78 is 12.4. The van der Waals surface area contributed by atoms with E-state index in [4.69, 9.17) is 21.1 Å². The summed E-state index contributed by atoms with van der Waals surface area (Å²) in [5.41, 5.74) is -0.523. The van der Waals surface area contributed by atoms with Gasteiger partial charge in [-0.15, -0.1) is 0 Å². The molecule has 8 heteroatoms. The molecule has 0 bridgehead atoms. The lowest BCUT2D eigenvalue weighted by Gasteiger charge is -2.11. The minimum atomic E-state index is -0.669. The number of hydrogen-bond acceptors (Lipinski definition) is 5. The van der Waals surface area contributed by atoms with Crippen molar-refractivity contribution in [2.45, 2.75) is 6.61 Å². The highest BCUT2D eigenvalue weighted by molar-refractivity contribution is 6.31. The van der Waals surface area contributed by atoms with Gasteiger partial charge in [-0.05, 0) is 18.2 Å². The van der Waals surface area contributed by atoms with Crippen LogP contribution in [-0.2, 0) is 25.4 Å². The Labute approximate surface area is 136 Å². The van der Waals surface area contributed by atoms with Crippen LogP contribution >= 0.6 is 11.6 Å². The van der Waals surface area contributed by atoms with Gasteiger partial charge >= 0.3 is 11.7 Å². The predicted octanol–water partition coefficient (Wildman–Crippen LogP) is 1.10. The van der Waals surface area contributed by atoms with Gasteiger partial charge in [-0.3, -0.25) is 13.9 Å². The Morgan fingerprint density at radius 2 is 1.87 bits per heavy atom. The molecule has 0 N–H and O–H groups in total. The van der Waals surface area contributed by atoms with Crippen LogP contribution in [0.1, 0.15) is 16.1 Å². The van der Waals surface area contributed by atoms with Crippen molar-refractivity contribution in [1.29, 1.82) is 0 Å². The lowest BCUT2D eigenvalue weighted by Crippen LogP contribution is -2.38. The van der Waals surface area contributed by atoms with Crippen LogP contribution in [0.5, 0.6) is 5.75 Å². The quantitative estimate of drug-likeness (QED) is 0.780. The highest BCUT2D eigenvalue weighted by Gasteiger charge is 2.16. The van der Waals surface area contributed by atoms with Crippen LogP contribution in [-0.4, -0.2) is 22.2 Å². The van der Waals surface area contributed by atoms with Crippen LogP contribution in [0.4, 0.5) is 0 Å². The van der Waals surface area contributed by atoms with Crippen molar-refractivity contribution in [3.63, 3.8) is 0 Å². The zero-order chi connectivity index (χ0) is 17.1. The molecule has 7 nitrogen and oxygen atoms in total. The Bertz CT molecular complexity index is 869. The molecule has 0 saturated carbocycles. The molecule has 122 valence electrons. The van der Waals surface area contributed by atoms with Crippen molar-refractivity contribution in [2.24, 2.45) is 14.1 Å². The average molecular weight is 339 g/mol. The van der Waals surface area contributed by atoms with Gasteiger partial charge in [0.05, 0.1) is 12.8 Å². The van der Waals surface area contributed by atoms with Crippen molar-refractivity contribution < 1.29 is 14.3 Å². The Morgan fingerprint density at radius 3 is 2.52 bits per heavy atom. The first-order chi connectivity index (χ1) is 10.8. The first-order valence-electron chi connectivity index (χ1n) is 6.61. The van der Waals surface area contributed by atoms with E-state index in [0.29, 0.717) is 10.8 Å². The maximum Gasteiger partial charge on any atom is 0.342 e. The molecule has 0 aliphatic heterocycles. The summed E-state index contributed by atoms with van der Waals surface area (Å²) in [7, 11) is 4.28. The number of methoxy groups -OCH3 is 1. The number of rotatable bonds is 4. The predicted molar refractivity (Wildman–Crippen MR) is 84.0 cm³/mol. The largest absolute Gasteiger partial charge is 0.496 e. The van der Waals surface area contributed by atoms with E-state index < -0.39 is 17.2 Å². The fourth-order valence-corrected chi connectivity index (χ4v) is 2.15. The molecule has 0 saturated heterocycles. The first kappa shape index (κ1) is 16.8. The third kappa shape index (κ3) is 3.45. The number of halogens is 1. The molecule has 1 aromatic heterocycles. The standard InChI is InChI=1S/C15H15ClN2O5/c1-17-10(7-13(19)18(2)15(17)21)8-23-14(20)11-6-9(16)4-5-12(11)22-3/h4-7H,8H2,1-3H3. The first-order valence-corrected chi connectivity index (χ1v) is 6.99. The molecule has 1 aromatic carbocycles. The number of benzene rings is 1. The van der Waals surface area contributed by atoms with E-state index in [9.17, 15) is 14.4 Å². The van der Waals surface area contributed by atoms with Gasteiger partial charge in [0.15, 0.2) is 0 Å². The second-order valence-corrected chi connectivity index (χ2v) is 5.23. The highest BCUT2D eigenvalue weighted by atomic mass is 35.5. The molecular formula is C15H15ClN2O5. The maximum absolute atomic E-state index is 12.2. The average Bonchev–Trinajstić information content (AvgIpc) is 2.54. The summed E-state index contributed by atoms with van der Waals surface area (Å²) in [5.74, 6) is -0.352. The van der Waals surface area contributed by atoms with Gasteiger partial charge in [-0.2, -0.15) is 0 Å². The summed E-state index contributed by atoms with van der Waals surface area (Å²) in [5, 5.41) is 0.360. The summed E-state index contributed by atoms with van der Waals surface area (Å²) in [6, 6.07) is 5.80. The normalized spacial score (nSPS) is 10.4. The summed E-state index contributed by atoms with van der Waals surface area (Å²) in [4.78, 5) is 35.6. The maximum atomic E-state index is 12.2. The number of carbonyl (C=O) groups is 1. The topological polar surface area (TPSA) is 79.5 Å². The van der Waals surface area contributed by atoms with Crippen LogP contribution in [0.3, 0.4) is 0 Å². The van der Waals surface area contributed by atoms with Gasteiger partial charge < -0.3 is 9.47 Å². The second kappa shape index (κ2) is 6.70. The van der Waals surface area contributed by atoms with Gasteiger partial charge in [0, 0.05) is 25.2 Å². The van der Waals surface area contributed by atoms with Crippen molar-refractivity contribution in [1.82, 2.24) is 9.13 Å². The molecule has 1 heterocycles. The second-order valence-electron chi connectivity index (χ2n) is 4.80. The third-order valence-corrected chi connectivity index (χ3v) is 3.59. The smallest absolute Gasteiger partial charge is 0.342 e. The van der Waals surface area contributed by atoms with Crippen molar-refractivity contribution in [3.05, 3.63) is 61.4 Å². The van der Waals surface area contributed by atoms with Crippen LogP contribution < -0.4 is 16.0 Å². The van der Waals surface area contributed by atoms with Gasteiger partial charge in [0.1, 0.15) is 17.9 Å². The number of aromatic nitrogens is 2.